The van der Waals surface area contributed by atoms with E-state index in [1.165, 1.54) is 24.3 Å². The summed E-state index contributed by atoms with van der Waals surface area (Å²) in [5.74, 6) is -3.21. The van der Waals surface area contributed by atoms with E-state index < -0.39 is 53.2 Å². The van der Waals surface area contributed by atoms with E-state index in [0.29, 0.717) is 21.2 Å². The summed E-state index contributed by atoms with van der Waals surface area (Å²) in [6.45, 7) is 1.30. The topological polar surface area (TPSA) is 109 Å². The standard InChI is InChI=1S/C30H21ClF3N3O5S2/c1-14-5-8-18(9-6-14)37-27(39)23-22(24-26(36-29(41)44-24)43-25(23)28(37)40)19-12-16(31)7-10-20(19)42-13-21(38)35-17-4-2-3-15(11-17)30(32,33)34/h2-12,22-23,25H,13H2,1H3,(H,35,38)(H,36,41)/t22-,23-,25+/m0/s1. The van der Waals surface area contributed by atoms with Crippen molar-refractivity contribution in [3.63, 3.8) is 0 Å². The number of ether oxygens (including phenoxy) is 1. The van der Waals surface area contributed by atoms with E-state index in [2.05, 4.69) is 10.3 Å². The molecule has 3 amide bonds. The number of hydrogen-bond donors (Lipinski definition) is 2. The quantitative estimate of drug-likeness (QED) is 0.238. The van der Waals surface area contributed by atoms with E-state index in [1.54, 1.807) is 30.3 Å². The number of carbonyl (C=O) groups is 3. The lowest BCUT2D eigenvalue weighted by atomic mass is 9.82. The highest BCUT2D eigenvalue weighted by Gasteiger charge is 2.56. The molecule has 0 spiro atoms. The number of nitrogens with one attached hydrogen (secondary N) is 2. The van der Waals surface area contributed by atoms with Crippen LogP contribution in [-0.2, 0) is 20.6 Å². The molecule has 0 bridgehead atoms. The molecular weight excluding hydrogens is 639 g/mol. The summed E-state index contributed by atoms with van der Waals surface area (Å²) >= 11 is 8.40. The highest BCUT2D eigenvalue weighted by atomic mass is 35.5. The van der Waals surface area contributed by atoms with Gasteiger partial charge in [0.05, 0.1) is 22.2 Å². The average molecular weight is 660 g/mol. The third-order valence-electron chi connectivity index (χ3n) is 7.26. The van der Waals surface area contributed by atoms with Gasteiger partial charge in [0.15, 0.2) is 6.61 Å². The number of aromatic amines is 1. The molecule has 14 heteroatoms. The van der Waals surface area contributed by atoms with Crippen LogP contribution in [0.2, 0.25) is 5.02 Å². The van der Waals surface area contributed by atoms with Crippen molar-refractivity contribution >= 4 is 63.8 Å². The molecule has 2 N–H and O–H groups in total. The van der Waals surface area contributed by atoms with Crippen LogP contribution in [0.5, 0.6) is 5.75 Å². The first-order chi connectivity index (χ1) is 20.9. The number of thiazole rings is 1. The molecule has 0 saturated carbocycles. The Balaban J connectivity index is 1.33. The monoisotopic (exact) mass is 659 g/mol. The van der Waals surface area contributed by atoms with Gasteiger partial charge in [0.1, 0.15) is 11.0 Å². The minimum Gasteiger partial charge on any atom is -0.483 e. The second kappa shape index (κ2) is 11.5. The summed E-state index contributed by atoms with van der Waals surface area (Å²) in [5.41, 5.74) is 0.769. The van der Waals surface area contributed by atoms with Crippen molar-refractivity contribution in [2.75, 3.05) is 16.8 Å². The number of benzene rings is 3. The van der Waals surface area contributed by atoms with E-state index in [4.69, 9.17) is 16.3 Å². The number of halogens is 4. The molecule has 6 rings (SSSR count). The molecule has 226 valence electrons. The summed E-state index contributed by atoms with van der Waals surface area (Å²) in [6.07, 6.45) is -4.58. The van der Waals surface area contributed by atoms with Gasteiger partial charge < -0.3 is 15.0 Å². The second-order valence-corrected chi connectivity index (χ2v) is 12.8. The normalized spacial score (nSPS) is 19.5. The fourth-order valence-corrected chi connectivity index (χ4v) is 7.99. The van der Waals surface area contributed by atoms with Gasteiger partial charge in [-0.15, -0.1) is 0 Å². The van der Waals surface area contributed by atoms with Crippen molar-refractivity contribution in [1.82, 2.24) is 4.98 Å². The molecule has 0 aliphatic carbocycles. The number of aryl methyl sites for hydroxylation is 1. The zero-order chi connectivity index (χ0) is 31.3. The molecule has 0 unspecified atom stereocenters. The van der Waals surface area contributed by atoms with E-state index in [1.807, 2.05) is 6.92 Å². The first kappa shape index (κ1) is 30.0. The average Bonchev–Trinajstić information content (AvgIpc) is 3.46. The number of carbonyl (C=O) groups excluding carboxylic acids is 3. The number of rotatable bonds is 6. The maximum atomic E-state index is 14.0. The molecular formula is C30H21ClF3N3O5S2. The predicted molar refractivity (Wildman–Crippen MR) is 161 cm³/mol. The molecule has 1 fully saturated rings. The van der Waals surface area contributed by atoms with Crippen LogP contribution in [-0.4, -0.2) is 34.6 Å². The van der Waals surface area contributed by atoms with Gasteiger partial charge in [0.25, 0.3) is 5.91 Å². The number of anilines is 2. The summed E-state index contributed by atoms with van der Waals surface area (Å²) in [7, 11) is 0. The zero-order valence-electron chi connectivity index (χ0n) is 22.6. The summed E-state index contributed by atoms with van der Waals surface area (Å²) in [4.78, 5) is 56.9. The molecule has 2 aliphatic rings. The fourth-order valence-electron chi connectivity index (χ4n) is 5.31. The van der Waals surface area contributed by atoms with Gasteiger partial charge >= 0.3 is 11.0 Å². The van der Waals surface area contributed by atoms with E-state index in [-0.39, 0.29) is 21.3 Å². The Bertz CT molecular complexity index is 1860. The van der Waals surface area contributed by atoms with Crippen LogP contribution in [0.25, 0.3) is 0 Å². The number of thioether (sulfide) groups is 1. The Labute approximate surface area is 261 Å². The first-order valence-electron chi connectivity index (χ1n) is 13.1. The van der Waals surface area contributed by atoms with Crippen molar-refractivity contribution < 1.29 is 32.3 Å². The van der Waals surface area contributed by atoms with Crippen LogP contribution >= 0.6 is 34.7 Å². The summed E-state index contributed by atoms with van der Waals surface area (Å²) in [6, 6.07) is 15.7. The van der Waals surface area contributed by atoms with E-state index in [0.717, 1.165) is 45.7 Å². The number of hydrogen-bond acceptors (Lipinski definition) is 7. The Hall–Kier alpha value is -4.07. The molecule has 1 saturated heterocycles. The fraction of sp³-hybridized carbons (Fsp3) is 0.200. The van der Waals surface area contributed by atoms with Crippen molar-refractivity contribution in [3.05, 3.63) is 103 Å². The van der Waals surface area contributed by atoms with Crippen molar-refractivity contribution in [1.29, 1.82) is 0 Å². The molecule has 8 nitrogen and oxygen atoms in total. The van der Waals surface area contributed by atoms with Crippen LogP contribution in [0.3, 0.4) is 0 Å². The van der Waals surface area contributed by atoms with Gasteiger partial charge in [-0.05, 0) is 55.5 Å². The van der Waals surface area contributed by atoms with Crippen LogP contribution in [0.15, 0.2) is 76.6 Å². The van der Waals surface area contributed by atoms with Crippen molar-refractivity contribution in [3.8, 4) is 5.75 Å². The number of aromatic nitrogens is 1. The van der Waals surface area contributed by atoms with Crippen LogP contribution < -0.4 is 19.8 Å². The number of H-pyrrole nitrogens is 1. The third-order valence-corrected chi connectivity index (χ3v) is 9.89. The number of amides is 3. The van der Waals surface area contributed by atoms with Crippen LogP contribution in [0, 0.1) is 12.8 Å². The molecule has 1 aromatic heterocycles. The highest BCUT2D eigenvalue weighted by molar-refractivity contribution is 8.00. The van der Waals surface area contributed by atoms with Crippen LogP contribution in [0.4, 0.5) is 24.5 Å². The number of alkyl halides is 3. The molecule has 2 aliphatic heterocycles. The molecule has 3 heterocycles. The van der Waals surface area contributed by atoms with Gasteiger partial charge in [0, 0.05) is 27.1 Å². The molecule has 4 aromatic rings. The maximum Gasteiger partial charge on any atom is 0.416 e. The maximum absolute atomic E-state index is 14.0. The van der Waals surface area contributed by atoms with Gasteiger partial charge in [-0.2, -0.15) is 13.2 Å². The number of imide groups is 1. The second-order valence-electron chi connectivity index (χ2n) is 10.2. The van der Waals surface area contributed by atoms with Gasteiger partial charge in [0.2, 0.25) is 11.8 Å². The smallest absolute Gasteiger partial charge is 0.416 e. The summed E-state index contributed by atoms with van der Waals surface area (Å²) < 4.78 is 45.1. The lowest BCUT2D eigenvalue weighted by molar-refractivity contribution is -0.137. The molecule has 0 radical (unpaired) electrons. The predicted octanol–water partition coefficient (Wildman–Crippen LogP) is 6.23. The van der Waals surface area contributed by atoms with Crippen molar-refractivity contribution in [2.45, 2.75) is 29.3 Å². The molecule has 3 atom stereocenters. The lowest BCUT2D eigenvalue weighted by Crippen LogP contribution is -2.32. The zero-order valence-corrected chi connectivity index (χ0v) is 25.0. The van der Waals surface area contributed by atoms with E-state index >= 15 is 0 Å². The Morgan fingerprint density at radius 2 is 1.80 bits per heavy atom. The van der Waals surface area contributed by atoms with Gasteiger partial charge in [-0.3, -0.25) is 19.2 Å². The molecule has 3 aromatic carbocycles. The van der Waals surface area contributed by atoms with Crippen LogP contribution in [0.1, 0.15) is 27.5 Å². The Kier molecular flexibility index (Phi) is 7.80. The third kappa shape index (κ3) is 5.62. The first-order valence-corrected chi connectivity index (χ1v) is 15.2. The minimum atomic E-state index is -4.58. The number of fused-ring (bicyclic) bond motifs is 2. The lowest BCUT2D eigenvalue weighted by Gasteiger charge is -2.31. The van der Waals surface area contributed by atoms with Gasteiger partial charge in [-0.25, -0.2) is 4.90 Å². The van der Waals surface area contributed by atoms with Gasteiger partial charge in [-0.1, -0.05) is 58.5 Å². The molecule has 44 heavy (non-hydrogen) atoms. The van der Waals surface area contributed by atoms with E-state index in [9.17, 15) is 32.3 Å². The largest absolute Gasteiger partial charge is 0.483 e. The summed E-state index contributed by atoms with van der Waals surface area (Å²) in [5, 5.41) is 2.26. The highest BCUT2D eigenvalue weighted by Crippen LogP contribution is 2.54. The number of nitrogens with zero attached hydrogens (tertiary/aromatic N) is 1. The Morgan fingerprint density at radius 3 is 2.52 bits per heavy atom. The minimum absolute atomic E-state index is 0.0649. The SMILES string of the molecule is Cc1ccc(N2C(=O)[C@H]3[C@H](c4cc(Cl)ccc4OCC(=O)Nc4cccc(C(F)(F)F)c4)c4sc(=O)[nH]c4S[C@H]3C2=O)cc1. The Morgan fingerprint density at radius 1 is 1.05 bits per heavy atom. The van der Waals surface area contributed by atoms with Crippen molar-refractivity contribution in [2.24, 2.45) is 5.92 Å².